The maximum atomic E-state index is 16.7. The van der Waals surface area contributed by atoms with Crippen LogP contribution in [0.2, 0.25) is 0 Å². The highest BCUT2D eigenvalue weighted by Crippen LogP contribution is 2.66. The Hall–Kier alpha value is -9.22. The van der Waals surface area contributed by atoms with Crippen LogP contribution < -0.4 is 15.0 Å². The number of esters is 3. The van der Waals surface area contributed by atoms with Crippen LogP contribution in [0, 0.1) is 33.8 Å². The SMILES string of the molecule is COC(=O)C(CC#Cc1ccc2c(c1)C1(C(=O)N2C(=O)OCc2ccc([N+](=O)[O-])cc2)C(C(=O)NCC(O)c2ccccc2)C2C(=O)OC(c3ccccc3)C(c3ccccc3)N2C1c1ccccc1OCCO)C(=O)OC. The number of aliphatic hydroxyl groups is 2. The number of nitro groups is 1. The standard InChI is InChI=1S/C59H52N4O15/c1-74-54(67)43(55(68)75-2)23-14-15-36-27-30-45-44(33-36)59(57(70)61(45)58(71)77-35-37-25-28-41(29-26-37)63(72)73)48(53(66)60-34-46(65)38-16-6-3-7-17-38)50-56(69)78-51(40-20-10-5-11-21-40)49(39-18-8-4-9-19-39)62(50)52(59)42-22-12-13-24-47(42)76-32-31-64/h3-13,16-22,24-30,33,43,46,48-52,64-65H,23,31-32,34-35H2,1-2H3,(H,60,66). The normalized spacial score (nSPS) is 20.6. The Morgan fingerprint density at radius 1 is 0.808 bits per heavy atom. The minimum absolute atomic E-state index is 0.0139. The summed E-state index contributed by atoms with van der Waals surface area (Å²) in [4.78, 5) is 102. The van der Waals surface area contributed by atoms with Gasteiger partial charge in [-0.1, -0.05) is 121 Å². The molecule has 0 aliphatic carbocycles. The summed E-state index contributed by atoms with van der Waals surface area (Å²) in [6, 6.07) is 38.7. The molecule has 78 heavy (non-hydrogen) atoms. The zero-order chi connectivity index (χ0) is 55.1. The van der Waals surface area contributed by atoms with Gasteiger partial charge in [0.25, 0.3) is 5.69 Å². The molecule has 19 nitrogen and oxygen atoms in total. The van der Waals surface area contributed by atoms with E-state index < -0.39 is 108 Å². The molecule has 3 aliphatic rings. The number of hydrogen-bond acceptors (Lipinski definition) is 16. The smallest absolute Gasteiger partial charge is 0.421 e. The Morgan fingerprint density at radius 2 is 1.44 bits per heavy atom. The maximum absolute atomic E-state index is 16.7. The Labute approximate surface area is 447 Å². The number of para-hydroxylation sites is 1. The topological polar surface area (TPSA) is 251 Å². The number of hydrogen-bond donors (Lipinski definition) is 3. The average molecular weight is 1060 g/mol. The minimum Gasteiger partial charge on any atom is -0.491 e. The zero-order valence-electron chi connectivity index (χ0n) is 42.1. The second kappa shape index (κ2) is 23.3. The molecule has 7 unspecified atom stereocenters. The van der Waals surface area contributed by atoms with Crippen molar-refractivity contribution in [3.63, 3.8) is 0 Å². The van der Waals surface area contributed by atoms with Crippen LogP contribution in [0.5, 0.6) is 5.75 Å². The zero-order valence-corrected chi connectivity index (χ0v) is 42.1. The van der Waals surface area contributed by atoms with E-state index in [0.29, 0.717) is 22.3 Å². The van der Waals surface area contributed by atoms with Crippen molar-refractivity contribution in [1.82, 2.24) is 10.2 Å². The molecule has 3 heterocycles. The monoisotopic (exact) mass is 1060 g/mol. The highest BCUT2D eigenvalue weighted by atomic mass is 16.6. The summed E-state index contributed by atoms with van der Waals surface area (Å²) in [6.07, 6.45) is -3.94. The van der Waals surface area contributed by atoms with Crippen molar-refractivity contribution in [2.24, 2.45) is 11.8 Å². The second-order valence-electron chi connectivity index (χ2n) is 18.5. The summed E-state index contributed by atoms with van der Waals surface area (Å²) < 4.78 is 28.4. The fourth-order valence-corrected chi connectivity index (χ4v) is 10.8. The van der Waals surface area contributed by atoms with Crippen LogP contribution in [0.3, 0.4) is 0 Å². The molecule has 1 spiro atoms. The molecule has 7 atom stereocenters. The number of amides is 3. The van der Waals surface area contributed by atoms with Crippen molar-refractivity contribution in [3.05, 3.63) is 207 Å². The van der Waals surface area contributed by atoms with E-state index in [0.717, 1.165) is 19.1 Å². The van der Waals surface area contributed by atoms with Gasteiger partial charge in [-0.2, -0.15) is 0 Å². The lowest BCUT2D eigenvalue weighted by atomic mass is 9.65. The molecule has 6 aromatic carbocycles. The van der Waals surface area contributed by atoms with Crippen LogP contribution in [0.15, 0.2) is 158 Å². The van der Waals surface area contributed by atoms with Gasteiger partial charge in [-0.25, -0.2) is 9.69 Å². The van der Waals surface area contributed by atoms with E-state index in [1.54, 1.807) is 108 Å². The first-order valence-corrected chi connectivity index (χ1v) is 24.8. The number of ether oxygens (including phenoxy) is 5. The molecule has 6 aromatic rings. The Balaban J connectivity index is 1.32. The van der Waals surface area contributed by atoms with Gasteiger partial charge >= 0.3 is 24.0 Å². The molecule has 3 amide bonds. The first kappa shape index (κ1) is 53.6. The number of fused-ring (bicyclic) bond motifs is 3. The van der Waals surface area contributed by atoms with Crippen molar-refractivity contribution in [3.8, 4) is 17.6 Å². The first-order valence-electron chi connectivity index (χ1n) is 24.8. The highest BCUT2D eigenvalue weighted by molar-refractivity contribution is 6.23. The summed E-state index contributed by atoms with van der Waals surface area (Å²) in [6.45, 7) is -1.51. The third kappa shape index (κ3) is 10.1. The number of nitro benzene ring substituents is 1. The van der Waals surface area contributed by atoms with Crippen LogP contribution in [0.25, 0.3) is 0 Å². The lowest BCUT2D eigenvalue weighted by Crippen LogP contribution is -2.56. The van der Waals surface area contributed by atoms with Gasteiger partial charge in [-0.3, -0.25) is 39.0 Å². The largest absolute Gasteiger partial charge is 0.491 e. The summed E-state index contributed by atoms with van der Waals surface area (Å²) in [7, 11) is 2.22. The summed E-state index contributed by atoms with van der Waals surface area (Å²) >= 11 is 0. The molecule has 0 bridgehead atoms. The number of aliphatic hydroxyl groups excluding tert-OH is 2. The maximum Gasteiger partial charge on any atom is 0.421 e. The summed E-state index contributed by atoms with van der Waals surface area (Å²) in [5.41, 5.74) is -0.258. The number of cyclic esters (lactones) is 1. The van der Waals surface area contributed by atoms with E-state index in [4.69, 9.17) is 23.7 Å². The number of morpholine rings is 1. The molecule has 0 saturated carbocycles. The number of imide groups is 1. The molecule has 0 aromatic heterocycles. The Kier molecular flexibility index (Phi) is 16.0. The van der Waals surface area contributed by atoms with Crippen LogP contribution >= 0.6 is 0 Å². The molecule has 9 rings (SSSR count). The van der Waals surface area contributed by atoms with Crippen molar-refractivity contribution in [2.45, 2.75) is 48.8 Å². The predicted octanol–water partition coefficient (Wildman–Crippen LogP) is 6.52. The molecule has 2 fully saturated rings. The number of benzene rings is 6. The van der Waals surface area contributed by atoms with E-state index in [9.17, 15) is 34.7 Å². The average Bonchev–Trinajstić information content (AvgIpc) is 4.02. The summed E-state index contributed by atoms with van der Waals surface area (Å²) in [5.74, 6) is -1.91. The Morgan fingerprint density at radius 3 is 2.08 bits per heavy atom. The molecule has 19 heteroatoms. The molecule has 398 valence electrons. The Bertz CT molecular complexity index is 3280. The molecular formula is C59H52N4O15. The van der Waals surface area contributed by atoms with Gasteiger partial charge in [-0.05, 0) is 64.2 Å². The van der Waals surface area contributed by atoms with E-state index in [1.807, 2.05) is 12.1 Å². The minimum atomic E-state index is -2.37. The number of nitrogens with one attached hydrogen (secondary N) is 1. The van der Waals surface area contributed by atoms with Gasteiger partial charge in [0.05, 0.1) is 55.5 Å². The highest BCUT2D eigenvalue weighted by Gasteiger charge is 2.76. The number of nitrogens with zero attached hydrogens (tertiary/aromatic N) is 3. The third-order valence-electron chi connectivity index (χ3n) is 14.2. The van der Waals surface area contributed by atoms with E-state index in [-0.39, 0.29) is 46.8 Å². The van der Waals surface area contributed by atoms with E-state index in [1.165, 1.54) is 42.5 Å². The van der Waals surface area contributed by atoms with Crippen LogP contribution in [-0.4, -0.2) is 95.9 Å². The number of carbonyl (C=O) groups excluding carboxylic acids is 6. The fraction of sp³-hybridized carbons (Fsp3) is 0.254. The third-order valence-corrected chi connectivity index (χ3v) is 14.2. The van der Waals surface area contributed by atoms with Crippen molar-refractivity contribution in [1.29, 1.82) is 0 Å². The van der Waals surface area contributed by atoms with Gasteiger partial charge in [0.1, 0.15) is 36.5 Å². The molecule has 3 aliphatic heterocycles. The quantitative estimate of drug-likeness (QED) is 0.0233. The van der Waals surface area contributed by atoms with Gasteiger partial charge in [0.15, 0.2) is 5.92 Å². The van der Waals surface area contributed by atoms with Crippen molar-refractivity contribution >= 4 is 47.2 Å². The van der Waals surface area contributed by atoms with Crippen LogP contribution in [0.1, 0.15) is 69.7 Å². The molecule has 3 N–H and O–H groups in total. The molecular weight excluding hydrogens is 1000 g/mol. The number of methoxy groups -OCH3 is 2. The number of carbonyl (C=O) groups is 6. The number of non-ortho nitro benzene ring substituents is 1. The lowest BCUT2D eigenvalue weighted by Gasteiger charge is -2.46. The fourth-order valence-electron chi connectivity index (χ4n) is 10.8. The summed E-state index contributed by atoms with van der Waals surface area (Å²) in [5, 5.41) is 36.0. The van der Waals surface area contributed by atoms with E-state index in [2.05, 4.69) is 17.2 Å². The lowest BCUT2D eigenvalue weighted by molar-refractivity contribution is -0.384. The van der Waals surface area contributed by atoms with Crippen LogP contribution in [0.4, 0.5) is 16.2 Å². The van der Waals surface area contributed by atoms with Gasteiger partial charge in [0, 0.05) is 36.2 Å². The molecule has 0 radical (unpaired) electrons. The molecule has 2 saturated heterocycles. The van der Waals surface area contributed by atoms with Crippen molar-refractivity contribution in [2.75, 3.05) is 38.9 Å². The van der Waals surface area contributed by atoms with Gasteiger partial charge in [-0.15, -0.1) is 0 Å². The first-order chi connectivity index (χ1) is 37.8. The number of anilines is 1. The van der Waals surface area contributed by atoms with Crippen molar-refractivity contribution < 1.29 is 67.6 Å². The van der Waals surface area contributed by atoms with Gasteiger partial charge in [0.2, 0.25) is 11.8 Å². The second-order valence-corrected chi connectivity index (χ2v) is 18.5. The predicted molar refractivity (Wildman–Crippen MR) is 278 cm³/mol. The van der Waals surface area contributed by atoms with Gasteiger partial charge < -0.3 is 39.2 Å². The van der Waals surface area contributed by atoms with Crippen LogP contribution in [-0.2, 0) is 54.9 Å². The van der Waals surface area contributed by atoms with E-state index >= 15 is 14.4 Å². The number of rotatable bonds is 16.